The van der Waals surface area contributed by atoms with E-state index in [0.29, 0.717) is 0 Å². The molecule has 0 saturated heterocycles. The minimum atomic E-state index is -4.24. The molecule has 7 nitrogen and oxygen atoms in total. The SMILES string of the molecule is COc1cc(/C=C/C(=O)[O-])cc(S(=O)(=O)Nc2cc(Cl)c(Cl)cc2Cl)c1OC. The number of halogens is 3. The Morgan fingerprint density at radius 2 is 1.68 bits per heavy atom. The maximum Gasteiger partial charge on any atom is 0.265 e. The molecule has 0 fully saturated rings. The van der Waals surface area contributed by atoms with Crippen molar-refractivity contribution in [2.75, 3.05) is 18.9 Å². The van der Waals surface area contributed by atoms with Crippen LogP contribution in [-0.4, -0.2) is 28.6 Å². The van der Waals surface area contributed by atoms with Crippen molar-refractivity contribution in [1.82, 2.24) is 0 Å². The number of methoxy groups -OCH3 is 2. The first-order chi connectivity index (χ1) is 13.1. The molecule has 0 amide bonds. The Morgan fingerprint density at radius 1 is 1.04 bits per heavy atom. The number of nitrogens with one attached hydrogen (secondary N) is 1. The van der Waals surface area contributed by atoms with Crippen molar-refractivity contribution >= 4 is 62.6 Å². The monoisotopic (exact) mass is 464 g/mol. The number of carbonyl (C=O) groups excluding carboxylic acids is 1. The van der Waals surface area contributed by atoms with Crippen molar-refractivity contribution in [2.45, 2.75) is 4.90 Å². The summed E-state index contributed by atoms with van der Waals surface area (Å²) in [5.41, 5.74) is 0.218. The second kappa shape index (κ2) is 8.91. The van der Waals surface area contributed by atoms with Gasteiger partial charge in [0, 0.05) is 0 Å². The zero-order chi connectivity index (χ0) is 21.1. The Bertz CT molecular complexity index is 1050. The Hall–Kier alpha value is -2.13. The van der Waals surface area contributed by atoms with E-state index >= 15 is 0 Å². The number of benzene rings is 2. The Kier molecular flexibility index (Phi) is 7.06. The normalized spacial score (nSPS) is 11.5. The average molecular weight is 466 g/mol. The van der Waals surface area contributed by atoms with Crippen molar-refractivity contribution < 1.29 is 27.8 Å². The van der Waals surface area contributed by atoms with E-state index in [1.165, 1.54) is 38.5 Å². The first-order valence-electron chi connectivity index (χ1n) is 7.41. The summed E-state index contributed by atoms with van der Waals surface area (Å²) in [5.74, 6) is -1.46. The molecule has 0 heterocycles. The molecule has 0 spiro atoms. The number of carbonyl (C=O) groups is 1. The average Bonchev–Trinajstić information content (AvgIpc) is 2.63. The van der Waals surface area contributed by atoms with E-state index in [-0.39, 0.29) is 42.7 Å². The van der Waals surface area contributed by atoms with Gasteiger partial charge in [0.05, 0.1) is 40.9 Å². The number of hydrogen-bond donors (Lipinski definition) is 1. The largest absolute Gasteiger partial charge is 0.545 e. The van der Waals surface area contributed by atoms with Crippen LogP contribution in [-0.2, 0) is 14.8 Å². The van der Waals surface area contributed by atoms with Crippen LogP contribution < -0.4 is 19.3 Å². The lowest BCUT2D eigenvalue weighted by molar-refractivity contribution is -0.297. The molecule has 1 N–H and O–H groups in total. The standard InChI is InChI=1S/C17H14Cl3NO6S/c1-26-14-5-9(3-4-16(22)23)6-15(17(14)27-2)28(24,25)21-13-8-11(19)10(18)7-12(13)20/h3-8,21H,1-2H3,(H,22,23)/p-1/b4-3+. The van der Waals surface area contributed by atoms with Gasteiger partial charge in [-0.1, -0.05) is 40.9 Å². The molecular weight excluding hydrogens is 453 g/mol. The van der Waals surface area contributed by atoms with E-state index in [1.807, 2.05) is 0 Å². The minimum absolute atomic E-state index is 0.00670. The number of sulfonamides is 1. The summed E-state index contributed by atoms with van der Waals surface area (Å²) in [7, 11) is -1.67. The van der Waals surface area contributed by atoms with Crippen LogP contribution in [0.3, 0.4) is 0 Å². The fourth-order valence-electron chi connectivity index (χ4n) is 2.21. The molecule has 0 atom stereocenters. The molecule has 0 aliphatic rings. The van der Waals surface area contributed by atoms with Crippen LogP contribution >= 0.6 is 34.8 Å². The van der Waals surface area contributed by atoms with Gasteiger partial charge in [-0.2, -0.15) is 0 Å². The molecule has 0 aliphatic carbocycles. The fraction of sp³-hybridized carbons (Fsp3) is 0.118. The van der Waals surface area contributed by atoms with Crippen molar-refractivity contribution in [3.05, 3.63) is 51.0 Å². The minimum Gasteiger partial charge on any atom is -0.545 e. The van der Waals surface area contributed by atoms with E-state index in [0.717, 1.165) is 12.2 Å². The van der Waals surface area contributed by atoms with Crippen molar-refractivity contribution in [1.29, 1.82) is 0 Å². The molecule has 0 saturated carbocycles. The summed E-state index contributed by atoms with van der Waals surface area (Å²) in [6.07, 6.45) is 1.91. The highest BCUT2D eigenvalue weighted by Crippen LogP contribution is 2.38. The molecule has 0 aliphatic heterocycles. The number of aliphatic carboxylic acids is 1. The van der Waals surface area contributed by atoms with E-state index in [4.69, 9.17) is 44.3 Å². The van der Waals surface area contributed by atoms with Crippen LogP contribution in [0.25, 0.3) is 6.08 Å². The topological polar surface area (TPSA) is 105 Å². The molecule has 0 bridgehead atoms. The predicted molar refractivity (Wildman–Crippen MR) is 106 cm³/mol. The van der Waals surface area contributed by atoms with Crippen LogP contribution in [0.1, 0.15) is 5.56 Å². The summed E-state index contributed by atoms with van der Waals surface area (Å²) in [4.78, 5) is 10.3. The molecule has 150 valence electrons. The van der Waals surface area contributed by atoms with Gasteiger partial charge in [0.25, 0.3) is 10.0 Å². The number of anilines is 1. The number of ether oxygens (including phenoxy) is 2. The molecule has 0 radical (unpaired) electrons. The van der Waals surface area contributed by atoms with Crippen LogP contribution in [0.4, 0.5) is 5.69 Å². The van der Waals surface area contributed by atoms with Crippen LogP contribution in [0.2, 0.25) is 15.1 Å². The fourth-order valence-corrected chi connectivity index (χ4v) is 4.15. The highest BCUT2D eigenvalue weighted by atomic mass is 35.5. The molecule has 0 aromatic heterocycles. The van der Waals surface area contributed by atoms with Gasteiger partial charge in [-0.25, -0.2) is 8.42 Å². The van der Waals surface area contributed by atoms with Gasteiger partial charge in [0.15, 0.2) is 11.5 Å². The zero-order valence-electron chi connectivity index (χ0n) is 14.5. The van der Waals surface area contributed by atoms with E-state index in [2.05, 4.69) is 4.72 Å². The number of carboxylic acids is 1. The van der Waals surface area contributed by atoms with Crippen LogP contribution in [0.5, 0.6) is 11.5 Å². The zero-order valence-corrected chi connectivity index (χ0v) is 17.5. The second-order valence-electron chi connectivity index (χ2n) is 5.26. The molecule has 2 rings (SSSR count). The molecule has 0 unspecified atom stereocenters. The Labute approximate surface area is 176 Å². The number of carboxylic acid groups (broad SMARTS) is 1. The Morgan fingerprint density at radius 3 is 2.25 bits per heavy atom. The lowest BCUT2D eigenvalue weighted by Crippen LogP contribution is -2.18. The van der Waals surface area contributed by atoms with Gasteiger partial charge in [-0.3, -0.25) is 4.72 Å². The Balaban J connectivity index is 2.61. The van der Waals surface area contributed by atoms with Crippen LogP contribution in [0.15, 0.2) is 35.2 Å². The van der Waals surface area contributed by atoms with Gasteiger partial charge in [-0.05, 0) is 35.9 Å². The van der Waals surface area contributed by atoms with Gasteiger partial charge >= 0.3 is 0 Å². The summed E-state index contributed by atoms with van der Waals surface area (Å²) in [6.45, 7) is 0. The maximum atomic E-state index is 13.0. The summed E-state index contributed by atoms with van der Waals surface area (Å²) >= 11 is 17.8. The summed E-state index contributed by atoms with van der Waals surface area (Å²) in [5, 5.41) is 10.9. The predicted octanol–water partition coefficient (Wildman–Crippen LogP) is 3.23. The molecule has 28 heavy (non-hydrogen) atoms. The van der Waals surface area contributed by atoms with E-state index in [9.17, 15) is 18.3 Å². The van der Waals surface area contributed by atoms with Crippen molar-refractivity contribution in [2.24, 2.45) is 0 Å². The lowest BCUT2D eigenvalue weighted by atomic mass is 10.2. The van der Waals surface area contributed by atoms with Gasteiger partial charge in [0.2, 0.25) is 0 Å². The van der Waals surface area contributed by atoms with Gasteiger partial charge < -0.3 is 19.4 Å². The molecule has 2 aromatic rings. The molecule has 11 heteroatoms. The third-order valence-electron chi connectivity index (χ3n) is 3.42. The van der Waals surface area contributed by atoms with Crippen molar-refractivity contribution in [3.8, 4) is 11.5 Å². The third kappa shape index (κ3) is 5.02. The number of hydrogen-bond acceptors (Lipinski definition) is 6. The first-order valence-corrected chi connectivity index (χ1v) is 10.0. The highest BCUT2D eigenvalue weighted by Gasteiger charge is 2.25. The first kappa shape index (κ1) is 22.2. The van der Waals surface area contributed by atoms with Gasteiger partial charge in [0.1, 0.15) is 4.90 Å². The van der Waals surface area contributed by atoms with E-state index in [1.54, 1.807) is 0 Å². The molecular formula is C17H13Cl3NO6S-. The van der Waals surface area contributed by atoms with Crippen molar-refractivity contribution in [3.63, 3.8) is 0 Å². The second-order valence-corrected chi connectivity index (χ2v) is 8.13. The lowest BCUT2D eigenvalue weighted by Gasteiger charge is -2.16. The summed E-state index contributed by atoms with van der Waals surface area (Å²) < 4.78 is 38.5. The summed E-state index contributed by atoms with van der Waals surface area (Å²) in [6, 6.07) is 5.16. The van der Waals surface area contributed by atoms with E-state index < -0.39 is 16.0 Å². The highest BCUT2D eigenvalue weighted by molar-refractivity contribution is 7.92. The molecule has 2 aromatic carbocycles. The van der Waals surface area contributed by atoms with Crippen LogP contribution in [0, 0.1) is 0 Å². The smallest absolute Gasteiger partial charge is 0.265 e. The third-order valence-corrected chi connectivity index (χ3v) is 5.83. The number of rotatable bonds is 7. The van der Waals surface area contributed by atoms with Gasteiger partial charge in [-0.15, -0.1) is 0 Å². The quantitative estimate of drug-likeness (QED) is 0.497. The maximum absolute atomic E-state index is 13.0.